The van der Waals surface area contributed by atoms with Gasteiger partial charge in [-0.05, 0) is 25.7 Å². The van der Waals surface area contributed by atoms with Gasteiger partial charge in [0.25, 0.3) is 0 Å². The number of hydrogen-bond donors (Lipinski definition) is 1. The average molecular weight is 203 g/mol. The molecule has 2 rings (SSSR count). The van der Waals surface area contributed by atoms with Crippen LogP contribution in [0.3, 0.4) is 0 Å². The number of hydrogen-bond acceptors (Lipinski definition) is 2. The van der Waals surface area contributed by atoms with Crippen molar-refractivity contribution < 1.29 is 8.42 Å². The Kier molecular flexibility index (Phi) is 2.60. The fourth-order valence-corrected chi connectivity index (χ4v) is 3.58. The molecular formula is C9H17NO2S. The van der Waals surface area contributed by atoms with Crippen molar-refractivity contribution >= 4 is 10.0 Å². The van der Waals surface area contributed by atoms with Crippen LogP contribution in [0, 0.1) is 0 Å². The summed E-state index contributed by atoms with van der Waals surface area (Å²) < 4.78 is 25.9. The van der Waals surface area contributed by atoms with E-state index in [-0.39, 0.29) is 11.3 Å². The van der Waals surface area contributed by atoms with Gasteiger partial charge >= 0.3 is 0 Å². The Labute approximate surface area is 80.0 Å². The maximum Gasteiger partial charge on any atom is 0.214 e. The van der Waals surface area contributed by atoms with Crippen LogP contribution in [0.4, 0.5) is 0 Å². The van der Waals surface area contributed by atoms with E-state index >= 15 is 0 Å². The van der Waals surface area contributed by atoms with Crippen LogP contribution >= 0.6 is 0 Å². The lowest BCUT2D eigenvalue weighted by molar-refractivity contribution is 0.412. The molecule has 0 aromatic rings. The van der Waals surface area contributed by atoms with Gasteiger partial charge in [0.1, 0.15) is 0 Å². The van der Waals surface area contributed by atoms with Crippen molar-refractivity contribution in [1.82, 2.24) is 4.72 Å². The number of rotatable bonds is 3. The van der Waals surface area contributed by atoms with Gasteiger partial charge in [0.05, 0.1) is 5.25 Å². The highest BCUT2D eigenvalue weighted by Gasteiger charge is 2.36. The predicted molar refractivity (Wildman–Crippen MR) is 52.0 cm³/mol. The predicted octanol–water partition coefficient (Wildman–Crippen LogP) is 1.40. The minimum absolute atomic E-state index is 0.0607. The van der Waals surface area contributed by atoms with Crippen LogP contribution in [0.25, 0.3) is 0 Å². The smallest absolute Gasteiger partial charge is 0.212 e. The monoisotopic (exact) mass is 203 g/mol. The van der Waals surface area contributed by atoms with Gasteiger partial charge in [-0.1, -0.05) is 19.3 Å². The molecule has 2 aliphatic carbocycles. The third-order valence-corrected chi connectivity index (χ3v) is 4.91. The lowest BCUT2D eigenvalue weighted by Gasteiger charge is -2.22. The van der Waals surface area contributed by atoms with E-state index in [2.05, 4.69) is 4.72 Å². The van der Waals surface area contributed by atoms with Crippen molar-refractivity contribution in [2.75, 3.05) is 0 Å². The zero-order valence-corrected chi connectivity index (χ0v) is 8.65. The molecule has 0 aliphatic heterocycles. The summed E-state index contributed by atoms with van der Waals surface area (Å²) in [6, 6.07) is 0.236. The molecule has 2 saturated carbocycles. The average Bonchev–Trinajstić information content (AvgIpc) is 2.87. The third kappa shape index (κ3) is 2.44. The molecule has 4 heteroatoms. The van der Waals surface area contributed by atoms with Crippen molar-refractivity contribution in [1.29, 1.82) is 0 Å². The second-order valence-electron chi connectivity index (χ2n) is 4.20. The van der Waals surface area contributed by atoms with Gasteiger partial charge in [-0.2, -0.15) is 0 Å². The van der Waals surface area contributed by atoms with Gasteiger partial charge in [0.2, 0.25) is 10.0 Å². The Morgan fingerprint density at radius 1 is 0.923 bits per heavy atom. The number of sulfonamides is 1. The first kappa shape index (κ1) is 9.46. The highest BCUT2D eigenvalue weighted by molar-refractivity contribution is 7.90. The van der Waals surface area contributed by atoms with Crippen LogP contribution < -0.4 is 4.72 Å². The zero-order chi connectivity index (χ0) is 9.31. The summed E-state index contributed by atoms with van der Waals surface area (Å²) >= 11 is 0. The van der Waals surface area contributed by atoms with E-state index in [1.165, 1.54) is 19.3 Å². The summed E-state index contributed by atoms with van der Waals surface area (Å²) in [5.74, 6) is 0. The molecule has 0 heterocycles. The van der Waals surface area contributed by atoms with E-state index in [0.717, 1.165) is 25.7 Å². The van der Waals surface area contributed by atoms with Crippen LogP contribution in [0.15, 0.2) is 0 Å². The van der Waals surface area contributed by atoms with Gasteiger partial charge in [-0.15, -0.1) is 0 Å². The number of nitrogens with one attached hydrogen (secondary N) is 1. The van der Waals surface area contributed by atoms with Crippen LogP contribution in [0.5, 0.6) is 0 Å². The van der Waals surface area contributed by atoms with E-state index in [1.54, 1.807) is 0 Å². The van der Waals surface area contributed by atoms with Crippen molar-refractivity contribution in [3.8, 4) is 0 Å². The SMILES string of the molecule is O=S(=O)(NC1CCCCC1)C1CC1. The van der Waals surface area contributed by atoms with Crippen molar-refractivity contribution in [3.05, 3.63) is 0 Å². The molecule has 2 aliphatic rings. The normalized spacial score (nSPS) is 26.2. The maximum atomic E-state index is 11.5. The van der Waals surface area contributed by atoms with Crippen molar-refractivity contribution in [2.45, 2.75) is 56.2 Å². The highest BCUT2D eigenvalue weighted by Crippen LogP contribution is 2.29. The topological polar surface area (TPSA) is 46.2 Å². The molecule has 2 fully saturated rings. The summed E-state index contributed by atoms with van der Waals surface area (Å²) in [4.78, 5) is 0. The lowest BCUT2D eigenvalue weighted by Crippen LogP contribution is -2.38. The first-order valence-corrected chi connectivity index (χ1v) is 6.74. The third-order valence-electron chi connectivity index (χ3n) is 2.90. The van der Waals surface area contributed by atoms with E-state index in [0.29, 0.717) is 0 Å². The summed E-state index contributed by atoms with van der Waals surface area (Å²) in [7, 11) is -2.94. The first-order valence-electron chi connectivity index (χ1n) is 5.19. The second kappa shape index (κ2) is 3.58. The maximum absolute atomic E-state index is 11.5. The summed E-state index contributed by atoms with van der Waals surface area (Å²) in [5, 5.41) is -0.0607. The quantitative estimate of drug-likeness (QED) is 0.753. The molecule has 0 amide bonds. The van der Waals surface area contributed by atoms with Crippen LogP contribution in [0.2, 0.25) is 0 Å². The van der Waals surface area contributed by atoms with E-state index in [9.17, 15) is 8.42 Å². The van der Waals surface area contributed by atoms with Gasteiger partial charge in [0, 0.05) is 6.04 Å². The molecule has 0 spiro atoms. The Hall–Kier alpha value is -0.0900. The van der Waals surface area contributed by atoms with Crippen molar-refractivity contribution in [2.24, 2.45) is 0 Å². The molecule has 0 radical (unpaired) electrons. The van der Waals surface area contributed by atoms with E-state index in [1.807, 2.05) is 0 Å². The Morgan fingerprint density at radius 2 is 1.54 bits per heavy atom. The Balaban J connectivity index is 1.88. The molecule has 0 atom stereocenters. The highest BCUT2D eigenvalue weighted by atomic mass is 32.2. The molecule has 0 unspecified atom stereocenters. The largest absolute Gasteiger partial charge is 0.214 e. The van der Waals surface area contributed by atoms with Gasteiger partial charge < -0.3 is 0 Å². The van der Waals surface area contributed by atoms with Crippen LogP contribution in [-0.4, -0.2) is 19.7 Å². The standard InChI is InChI=1S/C9H17NO2S/c11-13(12,9-6-7-9)10-8-4-2-1-3-5-8/h8-10H,1-7H2. The molecule has 0 aromatic heterocycles. The molecule has 76 valence electrons. The second-order valence-corrected chi connectivity index (χ2v) is 6.19. The van der Waals surface area contributed by atoms with Crippen LogP contribution in [0.1, 0.15) is 44.9 Å². The fraction of sp³-hybridized carbons (Fsp3) is 1.00. The molecule has 0 saturated heterocycles. The molecule has 1 N–H and O–H groups in total. The Morgan fingerprint density at radius 3 is 2.08 bits per heavy atom. The van der Waals surface area contributed by atoms with Gasteiger partial charge in [-0.25, -0.2) is 13.1 Å². The minimum atomic E-state index is -2.94. The molecular weight excluding hydrogens is 186 g/mol. The molecule has 13 heavy (non-hydrogen) atoms. The molecule has 3 nitrogen and oxygen atoms in total. The lowest BCUT2D eigenvalue weighted by atomic mass is 9.96. The van der Waals surface area contributed by atoms with Gasteiger partial charge in [0.15, 0.2) is 0 Å². The fourth-order valence-electron chi connectivity index (χ4n) is 1.93. The zero-order valence-electron chi connectivity index (χ0n) is 7.83. The molecule has 0 aromatic carbocycles. The summed E-state index contributed by atoms with van der Waals surface area (Å²) in [5.41, 5.74) is 0. The van der Waals surface area contributed by atoms with E-state index in [4.69, 9.17) is 0 Å². The summed E-state index contributed by atoms with van der Waals surface area (Å²) in [6.07, 6.45) is 7.42. The molecule has 0 bridgehead atoms. The Bertz CT molecular complexity index is 263. The summed E-state index contributed by atoms with van der Waals surface area (Å²) in [6.45, 7) is 0. The first-order chi connectivity index (χ1) is 6.18. The van der Waals surface area contributed by atoms with Crippen molar-refractivity contribution in [3.63, 3.8) is 0 Å². The van der Waals surface area contributed by atoms with E-state index < -0.39 is 10.0 Å². The van der Waals surface area contributed by atoms with Crippen LogP contribution in [-0.2, 0) is 10.0 Å². The van der Waals surface area contributed by atoms with Gasteiger partial charge in [-0.3, -0.25) is 0 Å². The minimum Gasteiger partial charge on any atom is -0.212 e.